The number of thiophene rings is 1. The van der Waals surface area contributed by atoms with E-state index in [1.807, 2.05) is 0 Å². The van der Waals surface area contributed by atoms with Crippen LogP contribution in [-0.4, -0.2) is 35.2 Å². The molecule has 0 unspecified atom stereocenters. The first-order valence-electron chi connectivity index (χ1n) is 8.98. The average molecular weight is 363 g/mol. The van der Waals surface area contributed by atoms with Crippen LogP contribution >= 0.6 is 11.3 Å². The number of anilines is 1. The Morgan fingerprint density at radius 1 is 1.16 bits per heavy atom. The summed E-state index contributed by atoms with van der Waals surface area (Å²) in [6.45, 7) is 1.53. The zero-order valence-corrected chi connectivity index (χ0v) is 15.4. The number of hydrogen-bond acceptors (Lipinski definition) is 4. The second-order valence-electron chi connectivity index (χ2n) is 6.91. The average Bonchev–Trinajstić information content (AvgIpc) is 3.19. The summed E-state index contributed by atoms with van der Waals surface area (Å²) < 4.78 is 0. The van der Waals surface area contributed by atoms with E-state index in [-0.39, 0.29) is 24.4 Å². The van der Waals surface area contributed by atoms with E-state index in [4.69, 9.17) is 5.73 Å². The maximum Gasteiger partial charge on any atom is 0.251 e. The van der Waals surface area contributed by atoms with E-state index in [1.165, 1.54) is 18.3 Å². The van der Waals surface area contributed by atoms with Gasteiger partial charge in [-0.15, -0.1) is 11.3 Å². The van der Waals surface area contributed by atoms with E-state index in [9.17, 15) is 14.4 Å². The molecule has 1 heterocycles. The normalized spacial score (nSPS) is 17.2. The van der Waals surface area contributed by atoms with Crippen molar-refractivity contribution in [3.8, 4) is 0 Å². The first-order chi connectivity index (χ1) is 12.0. The zero-order valence-electron chi connectivity index (χ0n) is 14.6. The highest BCUT2D eigenvalue weighted by Gasteiger charge is 2.28. The van der Waals surface area contributed by atoms with Crippen LogP contribution < -0.4 is 11.1 Å². The molecule has 0 radical (unpaired) electrons. The van der Waals surface area contributed by atoms with E-state index < -0.39 is 5.91 Å². The molecule has 0 saturated heterocycles. The summed E-state index contributed by atoms with van der Waals surface area (Å²) in [7, 11) is 0. The SMILES string of the molecule is CC(=O)N(CC(=O)Nc1sc2c(c1C(N)=O)CCCC2)C1CCCC1. The van der Waals surface area contributed by atoms with Gasteiger partial charge in [0.2, 0.25) is 11.8 Å². The van der Waals surface area contributed by atoms with Crippen LogP contribution in [0.25, 0.3) is 0 Å². The molecule has 1 aromatic heterocycles. The van der Waals surface area contributed by atoms with Gasteiger partial charge in [-0.3, -0.25) is 14.4 Å². The van der Waals surface area contributed by atoms with Gasteiger partial charge in [-0.05, 0) is 44.1 Å². The standard InChI is InChI=1S/C18H25N3O3S/c1-11(22)21(12-6-2-3-7-12)10-15(23)20-18-16(17(19)24)13-8-4-5-9-14(13)25-18/h12H,2-10H2,1H3,(H2,19,24)(H,20,23). The summed E-state index contributed by atoms with van der Waals surface area (Å²) in [5.41, 5.74) is 7.02. The minimum absolute atomic E-state index is 0.0285. The third kappa shape index (κ3) is 3.86. The number of nitrogens with one attached hydrogen (secondary N) is 1. The molecule has 7 heteroatoms. The fourth-order valence-corrected chi connectivity index (χ4v) is 5.26. The summed E-state index contributed by atoms with van der Waals surface area (Å²) >= 11 is 1.45. The number of nitrogens with two attached hydrogens (primary N) is 1. The number of rotatable bonds is 5. The molecule has 1 fully saturated rings. The summed E-state index contributed by atoms with van der Waals surface area (Å²) in [5, 5.41) is 3.38. The molecule has 0 atom stereocenters. The molecule has 3 rings (SSSR count). The van der Waals surface area contributed by atoms with Gasteiger partial charge in [0, 0.05) is 17.8 Å². The molecule has 6 nitrogen and oxygen atoms in total. The van der Waals surface area contributed by atoms with Crippen LogP contribution in [0, 0.1) is 0 Å². The summed E-state index contributed by atoms with van der Waals surface area (Å²) in [5.74, 6) is -0.834. The number of primary amides is 1. The molecule has 136 valence electrons. The van der Waals surface area contributed by atoms with Gasteiger partial charge >= 0.3 is 0 Å². The Kier molecular flexibility index (Phi) is 5.42. The largest absolute Gasteiger partial charge is 0.365 e. The minimum Gasteiger partial charge on any atom is -0.365 e. The molecule has 3 N–H and O–H groups in total. The minimum atomic E-state index is -0.492. The molecule has 1 saturated carbocycles. The lowest BCUT2D eigenvalue weighted by Gasteiger charge is -2.27. The Hall–Kier alpha value is -1.89. The van der Waals surface area contributed by atoms with Crippen LogP contribution in [0.1, 0.15) is 66.2 Å². The van der Waals surface area contributed by atoms with Crippen LogP contribution in [0.15, 0.2) is 0 Å². The van der Waals surface area contributed by atoms with Crippen molar-refractivity contribution in [2.75, 3.05) is 11.9 Å². The van der Waals surface area contributed by atoms with Crippen LogP contribution in [0.2, 0.25) is 0 Å². The van der Waals surface area contributed by atoms with E-state index in [0.29, 0.717) is 10.6 Å². The van der Waals surface area contributed by atoms with Gasteiger partial charge in [-0.1, -0.05) is 12.8 Å². The topological polar surface area (TPSA) is 92.5 Å². The molecule has 0 aromatic carbocycles. The van der Waals surface area contributed by atoms with Crippen LogP contribution in [0.4, 0.5) is 5.00 Å². The third-order valence-corrected chi connectivity index (χ3v) is 6.36. The quantitative estimate of drug-likeness (QED) is 0.841. The second-order valence-corrected chi connectivity index (χ2v) is 8.02. The van der Waals surface area contributed by atoms with Gasteiger partial charge in [-0.25, -0.2) is 0 Å². The lowest BCUT2D eigenvalue weighted by Crippen LogP contribution is -2.42. The lowest BCUT2D eigenvalue weighted by atomic mass is 9.95. The van der Waals surface area contributed by atoms with Crippen molar-refractivity contribution >= 4 is 34.1 Å². The molecule has 2 aliphatic carbocycles. The molecule has 0 bridgehead atoms. The molecular weight excluding hydrogens is 338 g/mol. The van der Waals surface area contributed by atoms with Crippen LogP contribution in [0.3, 0.4) is 0 Å². The maximum absolute atomic E-state index is 12.5. The molecule has 0 spiro atoms. The van der Waals surface area contributed by atoms with E-state index in [0.717, 1.165) is 61.8 Å². The third-order valence-electron chi connectivity index (χ3n) is 5.15. The number of fused-ring (bicyclic) bond motifs is 1. The van der Waals surface area contributed by atoms with Crippen molar-refractivity contribution in [3.05, 3.63) is 16.0 Å². The first-order valence-corrected chi connectivity index (χ1v) is 9.80. The Labute approximate surface area is 151 Å². The van der Waals surface area contributed by atoms with Crippen molar-refractivity contribution < 1.29 is 14.4 Å². The van der Waals surface area contributed by atoms with Crippen molar-refractivity contribution in [2.45, 2.75) is 64.3 Å². The summed E-state index contributed by atoms with van der Waals surface area (Å²) in [6, 6.07) is 0.149. The second kappa shape index (κ2) is 7.56. The van der Waals surface area contributed by atoms with Gasteiger partial charge < -0.3 is 16.0 Å². The monoisotopic (exact) mass is 363 g/mol. The number of amides is 3. The van der Waals surface area contributed by atoms with Gasteiger partial charge in [0.05, 0.1) is 5.56 Å². The van der Waals surface area contributed by atoms with Crippen molar-refractivity contribution in [1.29, 1.82) is 0 Å². The van der Waals surface area contributed by atoms with Crippen LogP contribution in [-0.2, 0) is 22.4 Å². The maximum atomic E-state index is 12.5. The Morgan fingerprint density at radius 3 is 2.48 bits per heavy atom. The van der Waals surface area contributed by atoms with Gasteiger partial charge in [0.15, 0.2) is 0 Å². The van der Waals surface area contributed by atoms with Gasteiger partial charge in [0.25, 0.3) is 5.91 Å². The molecule has 25 heavy (non-hydrogen) atoms. The number of hydrogen-bond donors (Lipinski definition) is 2. The predicted molar refractivity (Wildman–Crippen MR) is 97.8 cm³/mol. The van der Waals surface area contributed by atoms with E-state index in [1.54, 1.807) is 4.90 Å². The Bertz CT molecular complexity index is 692. The molecule has 3 amide bonds. The fourth-order valence-electron chi connectivity index (χ4n) is 3.95. The predicted octanol–water partition coefficient (Wildman–Crippen LogP) is 2.46. The van der Waals surface area contributed by atoms with E-state index in [2.05, 4.69) is 5.32 Å². The van der Waals surface area contributed by atoms with Crippen LogP contribution in [0.5, 0.6) is 0 Å². The summed E-state index contributed by atoms with van der Waals surface area (Å²) in [6.07, 6.45) is 7.99. The summed E-state index contributed by atoms with van der Waals surface area (Å²) in [4.78, 5) is 39.1. The number of aryl methyl sites for hydroxylation is 1. The highest BCUT2D eigenvalue weighted by molar-refractivity contribution is 7.17. The smallest absolute Gasteiger partial charge is 0.251 e. The number of nitrogens with zero attached hydrogens (tertiary/aromatic N) is 1. The van der Waals surface area contributed by atoms with Crippen molar-refractivity contribution in [2.24, 2.45) is 5.73 Å². The fraction of sp³-hybridized carbons (Fsp3) is 0.611. The molecular formula is C18H25N3O3S. The Balaban J connectivity index is 1.75. The first kappa shape index (κ1) is 17.9. The molecule has 0 aliphatic heterocycles. The lowest BCUT2D eigenvalue weighted by molar-refractivity contribution is -0.135. The van der Waals surface area contributed by atoms with E-state index >= 15 is 0 Å². The van der Waals surface area contributed by atoms with Gasteiger partial charge in [-0.2, -0.15) is 0 Å². The zero-order chi connectivity index (χ0) is 18.0. The molecule has 1 aromatic rings. The Morgan fingerprint density at radius 2 is 1.84 bits per heavy atom. The van der Waals surface area contributed by atoms with Crippen molar-refractivity contribution in [1.82, 2.24) is 4.90 Å². The molecule has 2 aliphatic rings. The highest BCUT2D eigenvalue weighted by Crippen LogP contribution is 2.37. The number of carbonyl (C=O) groups is 3. The highest BCUT2D eigenvalue weighted by atomic mass is 32.1. The van der Waals surface area contributed by atoms with Crippen molar-refractivity contribution in [3.63, 3.8) is 0 Å². The van der Waals surface area contributed by atoms with Gasteiger partial charge in [0.1, 0.15) is 11.5 Å². The number of carbonyl (C=O) groups excluding carboxylic acids is 3.